The molecule has 1 aromatic carbocycles. The van der Waals surface area contributed by atoms with E-state index >= 15 is 0 Å². The molecule has 0 radical (unpaired) electrons. The van der Waals surface area contributed by atoms with Crippen molar-refractivity contribution < 1.29 is 13.2 Å². The quantitative estimate of drug-likeness (QED) is 0.738. The monoisotopic (exact) mass is 333 g/mol. The number of benzene rings is 1. The highest BCUT2D eigenvalue weighted by Crippen LogP contribution is 2.32. The van der Waals surface area contributed by atoms with Gasteiger partial charge in [0.25, 0.3) is 5.56 Å². The summed E-state index contributed by atoms with van der Waals surface area (Å²) in [5.41, 5.74) is -0.403. The predicted octanol–water partition coefficient (Wildman–Crippen LogP) is 3.35. The summed E-state index contributed by atoms with van der Waals surface area (Å²) in [4.78, 5) is 18.0. The molecule has 0 amide bonds. The van der Waals surface area contributed by atoms with E-state index in [0.29, 0.717) is 11.5 Å². The van der Waals surface area contributed by atoms with Crippen molar-refractivity contribution in [1.29, 1.82) is 0 Å². The molecule has 0 aliphatic rings. The van der Waals surface area contributed by atoms with Crippen LogP contribution < -0.4 is 10.5 Å². The first-order chi connectivity index (χ1) is 11.4. The van der Waals surface area contributed by atoms with Gasteiger partial charge in [-0.3, -0.25) is 9.20 Å². The number of hydrogen-bond acceptors (Lipinski definition) is 3. The van der Waals surface area contributed by atoms with Gasteiger partial charge in [0.15, 0.2) is 0 Å². The number of rotatable bonds is 3. The Hall–Kier alpha value is -2.83. The number of hydrogen-bond donors (Lipinski definition) is 0. The fourth-order valence-electron chi connectivity index (χ4n) is 2.51. The van der Waals surface area contributed by atoms with E-state index < -0.39 is 11.7 Å². The van der Waals surface area contributed by atoms with E-state index in [1.807, 2.05) is 0 Å². The van der Waals surface area contributed by atoms with Gasteiger partial charge in [-0.15, -0.1) is 0 Å². The Kier molecular flexibility index (Phi) is 4.01. The number of aromatic nitrogens is 2. The van der Waals surface area contributed by atoms with E-state index in [0.717, 1.165) is 6.07 Å². The Morgan fingerprint density at radius 1 is 1.12 bits per heavy atom. The first kappa shape index (κ1) is 16.0. The highest BCUT2D eigenvalue weighted by atomic mass is 19.4. The zero-order valence-electron chi connectivity index (χ0n) is 12.8. The molecule has 0 N–H and O–H groups in total. The standard InChI is InChI=1S/C17H14F3N3O/c1-22(11-12-6-2-3-7-13(12)17(18,19)20)15-10-16(24)23-9-5-4-8-14(23)21-15/h2-10H,11H2,1H3. The Balaban J connectivity index is 1.97. The average molecular weight is 333 g/mol. The summed E-state index contributed by atoms with van der Waals surface area (Å²) in [5, 5.41) is 0. The maximum absolute atomic E-state index is 13.1. The fraction of sp³-hybridized carbons (Fsp3) is 0.176. The molecular formula is C17H14F3N3O. The Labute approximate surface area is 135 Å². The van der Waals surface area contributed by atoms with Crippen LogP contribution in [0.5, 0.6) is 0 Å². The van der Waals surface area contributed by atoms with E-state index in [1.54, 1.807) is 37.5 Å². The summed E-state index contributed by atoms with van der Waals surface area (Å²) in [5.74, 6) is 0.322. The number of nitrogens with zero attached hydrogens (tertiary/aromatic N) is 3. The molecule has 2 heterocycles. The zero-order chi connectivity index (χ0) is 17.3. The van der Waals surface area contributed by atoms with Crippen molar-refractivity contribution in [2.24, 2.45) is 0 Å². The van der Waals surface area contributed by atoms with Gasteiger partial charge in [-0.1, -0.05) is 24.3 Å². The molecular weight excluding hydrogens is 319 g/mol. The largest absolute Gasteiger partial charge is 0.416 e. The van der Waals surface area contributed by atoms with Crippen LogP contribution in [0.2, 0.25) is 0 Å². The van der Waals surface area contributed by atoms with Crippen LogP contribution in [0, 0.1) is 0 Å². The van der Waals surface area contributed by atoms with Crippen molar-refractivity contribution in [1.82, 2.24) is 9.38 Å². The summed E-state index contributed by atoms with van der Waals surface area (Å²) in [7, 11) is 1.61. The second-order valence-corrected chi connectivity index (χ2v) is 5.39. The molecule has 0 aliphatic carbocycles. The van der Waals surface area contributed by atoms with Gasteiger partial charge in [-0.25, -0.2) is 4.98 Å². The second-order valence-electron chi connectivity index (χ2n) is 5.39. The molecule has 4 nitrogen and oxygen atoms in total. The van der Waals surface area contributed by atoms with Gasteiger partial charge in [-0.2, -0.15) is 13.2 Å². The van der Waals surface area contributed by atoms with E-state index in [-0.39, 0.29) is 17.7 Å². The molecule has 0 fully saturated rings. The molecule has 0 saturated carbocycles. The SMILES string of the molecule is CN(Cc1ccccc1C(F)(F)F)c1cc(=O)n2ccccc2n1. The molecule has 0 saturated heterocycles. The van der Waals surface area contributed by atoms with Crippen molar-refractivity contribution in [3.8, 4) is 0 Å². The first-order valence-corrected chi connectivity index (χ1v) is 7.21. The summed E-state index contributed by atoms with van der Waals surface area (Å²) in [6, 6.07) is 11.8. The molecule has 3 aromatic rings. The normalized spacial score (nSPS) is 11.7. The molecule has 24 heavy (non-hydrogen) atoms. The van der Waals surface area contributed by atoms with Crippen LogP contribution in [-0.4, -0.2) is 16.4 Å². The van der Waals surface area contributed by atoms with Crippen LogP contribution in [0.1, 0.15) is 11.1 Å². The van der Waals surface area contributed by atoms with Crippen molar-refractivity contribution in [2.75, 3.05) is 11.9 Å². The third kappa shape index (κ3) is 3.10. The lowest BCUT2D eigenvalue weighted by molar-refractivity contribution is -0.138. The van der Waals surface area contributed by atoms with Gasteiger partial charge in [0.1, 0.15) is 11.5 Å². The van der Waals surface area contributed by atoms with E-state index in [4.69, 9.17) is 0 Å². The molecule has 2 aromatic heterocycles. The maximum Gasteiger partial charge on any atom is 0.416 e. The molecule has 0 aliphatic heterocycles. The number of pyridine rings is 1. The third-order valence-electron chi connectivity index (χ3n) is 3.68. The average Bonchev–Trinajstić information content (AvgIpc) is 2.54. The molecule has 0 bridgehead atoms. The van der Waals surface area contributed by atoms with E-state index in [1.165, 1.54) is 27.5 Å². The Bertz CT molecular complexity index is 934. The van der Waals surface area contributed by atoms with Gasteiger partial charge in [-0.05, 0) is 23.8 Å². The van der Waals surface area contributed by atoms with Gasteiger partial charge >= 0.3 is 6.18 Å². The highest BCUT2D eigenvalue weighted by molar-refractivity contribution is 5.48. The van der Waals surface area contributed by atoms with Gasteiger partial charge < -0.3 is 4.90 Å². The second kappa shape index (κ2) is 5.99. The molecule has 7 heteroatoms. The van der Waals surface area contributed by atoms with Crippen molar-refractivity contribution in [2.45, 2.75) is 12.7 Å². The van der Waals surface area contributed by atoms with Gasteiger partial charge in [0.05, 0.1) is 5.56 Å². The van der Waals surface area contributed by atoms with Crippen LogP contribution in [0.25, 0.3) is 5.65 Å². The zero-order valence-corrected chi connectivity index (χ0v) is 12.8. The third-order valence-corrected chi connectivity index (χ3v) is 3.68. The minimum absolute atomic E-state index is 0.00880. The minimum Gasteiger partial charge on any atom is -0.355 e. The van der Waals surface area contributed by atoms with Crippen LogP contribution in [0.15, 0.2) is 59.5 Å². The van der Waals surface area contributed by atoms with E-state index in [9.17, 15) is 18.0 Å². The van der Waals surface area contributed by atoms with Crippen molar-refractivity contribution in [3.63, 3.8) is 0 Å². The Morgan fingerprint density at radius 3 is 2.58 bits per heavy atom. The van der Waals surface area contributed by atoms with Crippen molar-refractivity contribution >= 4 is 11.5 Å². The van der Waals surface area contributed by atoms with Crippen LogP contribution >= 0.6 is 0 Å². The Morgan fingerprint density at radius 2 is 1.83 bits per heavy atom. The number of fused-ring (bicyclic) bond motifs is 1. The summed E-state index contributed by atoms with van der Waals surface area (Å²) in [6.45, 7) is -0.00880. The van der Waals surface area contributed by atoms with Crippen LogP contribution in [0.3, 0.4) is 0 Å². The van der Waals surface area contributed by atoms with Gasteiger partial charge in [0.2, 0.25) is 0 Å². The first-order valence-electron chi connectivity index (χ1n) is 7.21. The molecule has 0 spiro atoms. The molecule has 124 valence electrons. The smallest absolute Gasteiger partial charge is 0.355 e. The number of halogens is 3. The lowest BCUT2D eigenvalue weighted by Crippen LogP contribution is -2.24. The van der Waals surface area contributed by atoms with Crippen LogP contribution in [0.4, 0.5) is 19.0 Å². The van der Waals surface area contributed by atoms with E-state index in [2.05, 4.69) is 4.98 Å². The maximum atomic E-state index is 13.1. The molecule has 3 rings (SSSR count). The summed E-state index contributed by atoms with van der Waals surface area (Å²) in [6.07, 6.45) is -2.83. The topological polar surface area (TPSA) is 37.6 Å². The highest BCUT2D eigenvalue weighted by Gasteiger charge is 2.33. The fourth-order valence-corrected chi connectivity index (χ4v) is 2.51. The summed E-state index contributed by atoms with van der Waals surface area (Å²) < 4.78 is 40.6. The van der Waals surface area contributed by atoms with Crippen LogP contribution in [-0.2, 0) is 12.7 Å². The van der Waals surface area contributed by atoms with Gasteiger partial charge in [0, 0.05) is 25.9 Å². The number of anilines is 1. The molecule has 0 unspecified atom stereocenters. The number of alkyl halides is 3. The minimum atomic E-state index is -4.42. The van der Waals surface area contributed by atoms with Crippen molar-refractivity contribution in [3.05, 3.63) is 76.2 Å². The molecule has 0 atom stereocenters. The lowest BCUT2D eigenvalue weighted by Gasteiger charge is -2.21. The predicted molar refractivity (Wildman–Crippen MR) is 85.0 cm³/mol. The summed E-state index contributed by atoms with van der Waals surface area (Å²) >= 11 is 0. The lowest BCUT2D eigenvalue weighted by atomic mass is 10.1.